The average molecular weight is 290 g/mol. The Kier molecular flexibility index (Phi) is 4.30. The maximum Gasteiger partial charge on any atom is 0.257 e. The first-order valence-corrected chi connectivity index (χ1v) is 6.65. The van der Waals surface area contributed by atoms with E-state index in [1.54, 1.807) is 18.0 Å². The molecule has 2 aromatic rings. The van der Waals surface area contributed by atoms with Crippen molar-refractivity contribution in [1.29, 1.82) is 0 Å². The molecule has 0 unspecified atom stereocenters. The van der Waals surface area contributed by atoms with Gasteiger partial charge in [-0.05, 0) is 36.2 Å². The molecule has 2 rings (SSSR count). The molecular weight excluding hydrogens is 274 g/mol. The van der Waals surface area contributed by atoms with E-state index in [4.69, 9.17) is 11.6 Å². The smallest absolute Gasteiger partial charge is 0.257 e. The second-order valence-corrected chi connectivity index (χ2v) is 5.19. The SMILES string of the molecule is Cc1ccccc1CN(C)C(=O)c1ccc(Cl)cc1O. The van der Waals surface area contributed by atoms with E-state index in [9.17, 15) is 9.90 Å². The number of carbonyl (C=O) groups is 1. The van der Waals surface area contributed by atoms with Crippen molar-refractivity contribution in [3.05, 3.63) is 64.2 Å². The maximum absolute atomic E-state index is 12.3. The number of nitrogens with zero attached hydrogens (tertiary/aromatic N) is 1. The summed E-state index contributed by atoms with van der Waals surface area (Å²) >= 11 is 5.77. The van der Waals surface area contributed by atoms with Crippen molar-refractivity contribution in [2.45, 2.75) is 13.5 Å². The lowest BCUT2D eigenvalue weighted by Gasteiger charge is -2.19. The Morgan fingerprint density at radius 1 is 1.25 bits per heavy atom. The Morgan fingerprint density at radius 2 is 1.95 bits per heavy atom. The van der Waals surface area contributed by atoms with Gasteiger partial charge in [-0.3, -0.25) is 4.79 Å². The van der Waals surface area contributed by atoms with Crippen molar-refractivity contribution in [2.75, 3.05) is 7.05 Å². The molecule has 0 aliphatic heterocycles. The summed E-state index contributed by atoms with van der Waals surface area (Å²) in [6.07, 6.45) is 0. The van der Waals surface area contributed by atoms with Crippen LogP contribution in [0.4, 0.5) is 0 Å². The molecule has 1 N–H and O–H groups in total. The highest BCUT2D eigenvalue weighted by atomic mass is 35.5. The molecule has 0 spiro atoms. The number of halogens is 1. The standard InChI is InChI=1S/C16H16ClNO2/c1-11-5-3-4-6-12(11)10-18(2)16(20)14-8-7-13(17)9-15(14)19/h3-9,19H,10H2,1-2H3. The van der Waals surface area contributed by atoms with E-state index in [-0.39, 0.29) is 17.2 Å². The second-order valence-electron chi connectivity index (χ2n) is 4.75. The molecule has 0 saturated carbocycles. The fourth-order valence-corrected chi connectivity index (χ4v) is 2.17. The molecule has 0 atom stereocenters. The highest BCUT2D eigenvalue weighted by molar-refractivity contribution is 6.30. The van der Waals surface area contributed by atoms with Crippen molar-refractivity contribution < 1.29 is 9.90 Å². The van der Waals surface area contributed by atoms with Gasteiger partial charge in [0, 0.05) is 18.6 Å². The van der Waals surface area contributed by atoms with Gasteiger partial charge in [0.2, 0.25) is 0 Å². The quantitative estimate of drug-likeness (QED) is 0.937. The summed E-state index contributed by atoms with van der Waals surface area (Å²) in [5, 5.41) is 10.2. The van der Waals surface area contributed by atoms with E-state index in [2.05, 4.69) is 0 Å². The maximum atomic E-state index is 12.3. The van der Waals surface area contributed by atoms with Crippen LogP contribution in [-0.4, -0.2) is 23.0 Å². The summed E-state index contributed by atoms with van der Waals surface area (Å²) < 4.78 is 0. The molecule has 0 heterocycles. The number of hydrogen-bond donors (Lipinski definition) is 1. The van der Waals surface area contributed by atoms with Crippen LogP contribution >= 0.6 is 11.6 Å². The lowest BCUT2D eigenvalue weighted by Crippen LogP contribution is -2.26. The van der Waals surface area contributed by atoms with E-state index >= 15 is 0 Å². The number of rotatable bonds is 3. The first kappa shape index (κ1) is 14.4. The molecule has 0 fully saturated rings. The highest BCUT2D eigenvalue weighted by Gasteiger charge is 2.16. The van der Waals surface area contributed by atoms with Gasteiger partial charge in [0.05, 0.1) is 5.56 Å². The fourth-order valence-electron chi connectivity index (χ4n) is 2.01. The van der Waals surface area contributed by atoms with Crippen LogP contribution in [0, 0.1) is 6.92 Å². The van der Waals surface area contributed by atoms with Crippen molar-refractivity contribution in [1.82, 2.24) is 4.90 Å². The third-order valence-corrected chi connectivity index (χ3v) is 3.44. The van der Waals surface area contributed by atoms with Gasteiger partial charge in [0.25, 0.3) is 5.91 Å². The Bertz CT molecular complexity index is 640. The normalized spacial score (nSPS) is 10.3. The van der Waals surface area contributed by atoms with Crippen LogP contribution in [0.3, 0.4) is 0 Å². The molecule has 1 amide bonds. The van der Waals surface area contributed by atoms with Gasteiger partial charge in [0.15, 0.2) is 0 Å². The van der Waals surface area contributed by atoms with Gasteiger partial charge in [-0.1, -0.05) is 35.9 Å². The molecule has 4 heteroatoms. The van der Waals surface area contributed by atoms with Crippen LogP contribution in [0.1, 0.15) is 21.5 Å². The summed E-state index contributed by atoms with van der Waals surface area (Å²) in [6, 6.07) is 12.4. The molecule has 0 saturated heterocycles. The lowest BCUT2D eigenvalue weighted by molar-refractivity contribution is 0.0782. The fraction of sp³-hybridized carbons (Fsp3) is 0.188. The number of phenols is 1. The van der Waals surface area contributed by atoms with Gasteiger partial charge < -0.3 is 10.0 Å². The van der Waals surface area contributed by atoms with Crippen LogP contribution in [0.15, 0.2) is 42.5 Å². The minimum absolute atomic E-state index is 0.0980. The predicted octanol–water partition coefficient (Wildman–Crippen LogP) is 3.63. The Morgan fingerprint density at radius 3 is 2.60 bits per heavy atom. The summed E-state index contributed by atoms with van der Waals surface area (Å²) in [7, 11) is 1.71. The first-order valence-electron chi connectivity index (χ1n) is 6.27. The van der Waals surface area contributed by atoms with Crippen molar-refractivity contribution in [3.63, 3.8) is 0 Å². The Balaban J connectivity index is 2.19. The van der Waals surface area contributed by atoms with Gasteiger partial charge in [-0.2, -0.15) is 0 Å². The average Bonchev–Trinajstić information content (AvgIpc) is 2.40. The number of phenolic OH excluding ortho intramolecular Hbond substituents is 1. The van der Waals surface area contributed by atoms with Crippen LogP contribution in [0.25, 0.3) is 0 Å². The molecule has 0 aliphatic carbocycles. The molecule has 0 radical (unpaired) electrons. The number of aromatic hydroxyl groups is 1. The number of hydrogen-bond acceptors (Lipinski definition) is 2. The van der Waals surface area contributed by atoms with E-state index < -0.39 is 0 Å². The third kappa shape index (κ3) is 3.11. The zero-order chi connectivity index (χ0) is 14.7. The number of aryl methyl sites for hydroxylation is 1. The molecule has 104 valence electrons. The molecule has 3 nitrogen and oxygen atoms in total. The van der Waals surface area contributed by atoms with E-state index in [1.807, 2.05) is 31.2 Å². The Hall–Kier alpha value is -2.00. The summed E-state index contributed by atoms with van der Waals surface area (Å²) in [6.45, 7) is 2.50. The highest BCUT2D eigenvalue weighted by Crippen LogP contribution is 2.23. The zero-order valence-electron chi connectivity index (χ0n) is 11.4. The zero-order valence-corrected chi connectivity index (χ0v) is 12.2. The molecule has 0 aliphatic rings. The molecule has 2 aromatic carbocycles. The van der Waals surface area contributed by atoms with Gasteiger partial charge in [-0.25, -0.2) is 0 Å². The van der Waals surface area contributed by atoms with Crippen LogP contribution < -0.4 is 0 Å². The van der Waals surface area contributed by atoms with E-state index in [0.29, 0.717) is 11.6 Å². The topological polar surface area (TPSA) is 40.5 Å². The number of carbonyl (C=O) groups excluding carboxylic acids is 1. The summed E-state index contributed by atoms with van der Waals surface area (Å²) in [4.78, 5) is 13.9. The monoisotopic (exact) mass is 289 g/mol. The summed E-state index contributed by atoms with van der Waals surface area (Å²) in [5.74, 6) is -0.332. The van der Waals surface area contributed by atoms with Crippen molar-refractivity contribution in [2.24, 2.45) is 0 Å². The molecule has 20 heavy (non-hydrogen) atoms. The van der Waals surface area contributed by atoms with Gasteiger partial charge in [0.1, 0.15) is 5.75 Å². The van der Waals surface area contributed by atoms with Crippen LogP contribution in [-0.2, 0) is 6.54 Å². The second kappa shape index (κ2) is 5.97. The Labute approximate surface area is 123 Å². The minimum Gasteiger partial charge on any atom is -0.507 e. The predicted molar refractivity (Wildman–Crippen MR) is 80.1 cm³/mol. The summed E-state index contributed by atoms with van der Waals surface area (Å²) in [5.41, 5.74) is 2.47. The van der Waals surface area contributed by atoms with Gasteiger partial charge >= 0.3 is 0 Å². The van der Waals surface area contributed by atoms with Crippen molar-refractivity contribution >= 4 is 17.5 Å². The van der Waals surface area contributed by atoms with Crippen LogP contribution in [0.5, 0.6) is 5.75 Å². The van der Waals surface area contributed by atoms with E-state index in [1.165, 1.54) is 12.1 Å². The minimum atomic E-state index is -0.234. The van der Waals surface area contributed by atoms with E-state index in [0.717, 1.165) is 11.1 Å². The van der Waals surface area contributed by atoms with Crippen LogP contribution in [0.2, 0.25) is 5.02 Å². The molecular formula is C16H16ClNO2. The lowest BCUT2D eigenvalue weighted by atomic mass is 10.1. The van der Waals surface area contributed by atoms with Crippen molar-refractivity contribution in [3.8, 4) is 5.75 Å². The molecule has 0 bridgehead atoms. The largest absolute Gasteiger partial charge is 0.507 e. The molecule has 0 aromatic heterocycles. The van der Waals surface area contributed by atoms with Gasteiger partial charge in [-0.15, -0.1) is 0 Å². The number of amides is 1. The first-order chi connectivity index (χ1) is 9.49. The third-order valence-electron chi connectivity index (χ3n) is 3.21. The number of benzene rings is 2.